The van der Waals surface area contributed by atoms with Crippen LogP contribution in [0, 0.1) is 6.92 Å². The lowest BCUT2D eigenvalue weighted by atomic mass is 10.2. The first kappa shape index (κ1) is 15.4. The Morgan fingerprint density at radius 1 is 1.14 bits per heavy atom. The molecule has 0 saturated heterocycles. The average Bonchev–Trinajstić information content (AvgIpc) is 2.42. The van der Waals surface area contributed by atoms with Crippen LogP contribution in [-0.4, -0.2) is 11.1 Å². The number of hydrogen-bond donors (Lipinski definition) is 1. The van der Waals surface area contributed by atoms with E-state index in [1.807, 2.05) is 13.0 Å². The normalized spacial score (nSPS) is 10.8. The Hall–Kier alpha value is -1.97. The van der Waals surface area contributed by atoms with E-state index in [0.29, 0.717) is 27.1 Å². The molecule has 2 rings (SSSR count). The van der Waals surface area contributed by atoms with Crippen molar-refractivity contribution in [2.24, 2.45) is 0 Å². The van der Waals surface area contributed by atoms with Crippen LogP contribution in [0.15, 0.2) is 42.5 Å². The third-order valence-electron chi connectivity index (χ3n) is 2.69. The van der Waals surface area contributed by atoms with Crippen LogP contribution in [0.1, 0.15) is 11.1 Å². The Labute approximate surface area is 132 Å². The topological polar surface area (TPSA) is 46.5 Å². The first-order valence-electron chi connectivity index (χ1n) is 6.10. The maximum absolute atomic E-state index is 10.6. The van der Waals surface area contributed by atoms with Gasteiger partial charge in [-0.2, -0.15) is 0 Å². The molecule has 0 amide bonds. The summed E-state index contributed by atoms with van der Waals surface area (Å²) in [7, 11) is 0. The summed E-state index contributed by atoms with van der Waals surface area (Å²) in [6.07, 6.45) is 2.48. The number of carboxylic acid groups (broad SMARTS) is 1. The summed E-state index contributed by atoms with van der Waals surface area (Å²) in [4.78, 5) is 10.6. The van der Waals surface area contributed by atoms with Crippen LogP contribution >= 0.6 is 23.2 Å². The number of hydrogen-bond acceptors (Lipinski definition) is 2. The number of rotatable bonds is 4. The van der Waals surface area contributed by atoms with Crippen LogP contribution in [0.5, 0.6) is 11.5 Å². The fourth-order valence-corrected chi connectivity index (χ4v) is 2.02. The molecule has 0 radical (unpaired) electrons. The van der Waals surface area contributed by atoms with Crippen molar-refractivity contribution in [2.75, 3.05) is 0 Å². The number of carboxylic acids is 1. The molecule has 0 spiro atoms. The number of halogens is 2. The molecule has 3 nitrogen and oxygen atoms in total. The molecule has 0 aliphatic carbocycles. The van der Waals surface area contributed by atoms with E-state index in [1.54, 1.807) is 30.3 Å². The lowest BCUT2D eigenvalue weighted by molar-refractivity contribution is -0.131. The van der Waals surface area contributed by atoms with Crippen LogP contribution in [-0.2, 0) is 4.79 Å². The smallest absolute Gasteiger partial charge is 0.328 e. The molecule has 0 saturated carbocycles. The fraction of sp³-hybridized carbons (Fsp3) is 0.0625. The second kappa shape index (κ2) is 6.66. The SMILES string of the molecule is Cc1ccc(Cl)c(Oc2cc(Cl)ccc2/C=C/C(=O)O)c1. The molecule has 1 N–H and O–H groups in total. The van der Waals surface area contributed by atoms with Gasteiger partial charge in [0, 0.05) is 22.7 Å². The zero-order valence-electron chi connectivity index (χ0n) is 11.1. The van der Waals surface area contributed by atoms with Gasteiger partial charge >= 0.3 is 5.97 Å². The Balaban J connectivity index is 2.40. The maximum Gasteiger partial charge on any atom is 0.328 e. The van der Waals surface area contributed by atoms with Crippen LogP contribution in [0.2, 0.25) is 10.0 Å². The van der Waals surface area contributed by atoms with Crippen molar-refractivity contribution in [3.8, 4) is 11.5 Å². The molecule has 2 aromatic rings. The van der Waals surface area contributed by atoms with Crippen molar-refractivity contribution >= 4 is 35.2 Å². The van der Waals surface area contributed by atoms with E-state index in [-0.39, 0.29) is 0 Å². The highest BCUT2D eigenvalue weighted by atomic mass is 35.5. The fourth-order valence-electron chi connectivity index (χ4n) is 1.70. The predicted octanol–water partition coefficient (Wildman–Crippen LogP) is 5.19. The van der Waals surface area contributed by atoms with E-state index in [1.165, 1.54) is 6.08 Å². The molecule has 0 aromatic heterocycles. The maximum atomic E-state index is 10.6. The second-order valence-corrected chi connectivity index (χ2v) is 5.23. The zero-order chi connectivity index (χ0) is 15.4. The van der Waals surface area contributed by atoms with Gasteiger partial charge in [0.25, 0.3) is 0 Å². The molecule has 0 unspecified atom stereocenters. The number of benzene rings is 2. The Kier molecular flexibility index (Phi) is 4.89. The summed E-state index contributed by atoms with van der Waals surface area (Å²) in [5, 5.41) is 9.67. The van der Waals surface area contributed by atoms with Gasteiger partial charge < -0.3 is 9.84 Å². The highest BCUT2D eigenvalue weighted by Gasteiger charge is 2.08. The molecular weight excluding hydrogens is 311 g/mol. The quantitative estimate of drug-likeness (QED) is 0.787. The van der Waals surface area contributed by atoms with Gasteiger partial charge in [0.05, 0.1) is 5.02 Å². The largest absolute Gasteiger partial charge is 0.478 e. The summed E-state index contributed by atoms with van der Waals surface area (Å²) in [5.74, 6) is -0.110. The van der Waals surface area contributed by atoms with Crippen molar-refractivity contribution in [2.45, 2.75) is 6.92 Å². The van der Waals surface area contributed by atoms with Crippen LogP contribution < -0.4 is 4.74 Å². The monoisotopic (exact) mass is 322 g/mol. The Bertz CT molecular complexity index is 709. The van der Waals surface area contributed by atoms with E-state index >= 15 is 0 Å². The Morgan fingerprint density at radius 2 is 1.90 bits per heavy atom. The van der Waals surface area contributed by atoms with Crippen LogP contribution in [0.25, 0.3) is 6.08 Å². The highest BCUT2D eigenvalue weighted by molar-refractivity contribution is 6.32. The minimum Gasteiger partial charge on any atom is -0.478 e. The standard InChI is InChI=1S/C16H12Cl2O3/c1-10-2-6-13(18)15(8-10)21-14-9-12(17)5-3-11(14)4-7-16(19)20/h2-9H,1H3,(H,19,20)/b7-4+. The van der Waals surface area contributed by atoms with Crippen molar-refractivity contribution in [1.29, 1.82) is 0 Å². The van der Waals surface area contributed by atoms with Gasteiger partial charge in [0.2, 0.25) is 0 Å². The lowest BCUT2D eigenvalue weighted by Crippen LogP contribution is -1.91. The van der Waals surface area contributed by atoms with Gasteiger partial charge in [-0.3, -0.25) is 0 Å². The number of ether oxygens (including phenoxy) is 1. The van der Waals surface area contributed by atoms with E-state index in [4.69, 9.17) is 33.0 Å². The van der Waals surface area contributed by atoms with Gasteiger partial charge in [0.15, 0.2) is 0 Å². The summed E-state index contributed by atoms with van der Waals surface area (Å²) < 4.78 is 5.77. The van der Waals surface area contributed by atoms with Gasteiger partial charge in [-0.05, 0) is 42.8 Å². The zero-order valence-corrected chi connectivity index (χ0v) is 12.7. The van der Waals surface area contributed by atoms with E-state index in [0.717, 1.165) is 11.6 Å². The summed E-state index contributed by atoms with van der Waals surface area (Å²) in [5.41, 5.74) is 1.60. The molecule has 0 fully saturated rings. The average molecular weight is 323 g/mol. The molecule has 0 aliphatic rings. The third kappa shape index (κ3) is 4.25. The first-order chi connectivity index (χ1) is 9.95. The molecule has 2 aromatic carbocycles. The molecule has 0 atom stereocenters. The van der Waals surface area contributed by atoms with Crippen LogP contribution in [0.3, 0.4) is 0 Å². The van der Waals surface area contributed by atoms with Crippen LogP contribution in [0.4, 0.5) is 0 Å². The van der Waals surface area contributed by atoms with Gasteiger partial charge in [0.1, 0.15) is 11.5 Å². The van der Waals surface area contributed by atoms with Crippen molar-refractivity contribution in [3.63, 3.8) is 0 Å². The van der Waals surface area contributed by atoms with Crippen molar-refractivity contribution < 1.29 is 14.6 Å². The van der Waals surface area contributed by atoms with E-state index in [9.17, 15) is 4.79 Å². The van der Waals surface area contributed by atoms with Gasteiger partial charge in [-0.15, -0.1) is 0 Å². The van der Waals surface area contributed by atoms with Gasteiger partial charge in [-0.25, -0.2) is 4.79 Å². The predicted molar refractivity (Wildman–Crippen MR) is 84.4 cm³/mol. The second-order valence-electron chi connectivity index (χ2n) is 4.39. The molecule has 0 heterocycles. The third-order valence-corrected chi connectivity index (χ3v) is 3.24. The highest BCUT2D eigenvalue weighted by Crippen LogP contribution is 2.34. The minimum absolute atomic E-state index is 0.438. The molecular formula is C16H12Cl2O3. The summed E-state index contributed by atoms with van der Waals surface area (Å²) >= 11 is 12.1. The van der Waals surface area contributed by atoms with E-state index in [2.05, 4.69) is 0 Å². The molecule has 5 heteroatoms. The summed E-state index contributed by atoms with van der Waals surface area (Å²) in [6, 6.07) is 10.4. The molecule has 108 valence electrons. The number of aliphatic carboxylic acids is 1. The summed E-state index contributed by atoms with van der Waals surface area (Å²) in [6.45, 7) is 1.92. The Morgan fingerprint density at radius 3 is 2.62 bits per heavy atom. The first-order valence-corrected chi connectivity index (χ1v) is 6.86. The minimum atomic E-state index is -1.04. The number of aryl methyl sites for hydroxylation is 1. The molecule has 0 bridgehead atoms. The molecule has 21 heavy (non-hydrogen) atoms. The van der Waals surface area contributed by atoms with Gasteiger partial charge in [-0.1, -0.05) is 29.3 Å². The van der Waals surface area contributed by atoms with Crippen molar-refractivity contribution in [3.05, 3.63) is 63.6 Å². The van der Waals surface area contributed by atoms with Crippen molar-refractivity contribution in [1.82, 2.24) is 0 Å². The lowest BCUT2D eigenvalue weighted by Gasteiger charge is -2.11. The number of carbonyl (C=O) groups is 1. The van der Waals surface area contributed by atoms with E-state index < -0.39 is 5.97 Å². The molecule has 0 aliphatic heterocycles.